The molecule has 0 radical (unpaired) electrons. The maximum Gasteiger partial charge on any atom is 0.416 e. The van der Waals surface area contributed by atoms with Gasteiger partial charge in [0, 0.05) is 0 Å². The average molecular weight is 232 g/mol. The SMILES string of the molecule is Cc1cc(C(C)(C)C)c(C(F)(F)F)cc1O. The predicted octanol–water partition coefficient (Wildman–Crippen LogP) is 4.02. The van der Waals surface area contributed by atoms with E-state index in [1.807, 2.05) is 0 Å². The van der Waals surface area contributed by atoms with Gasteiger partial charge in [-0.15, -0.1) is 0 Å². The Bertz CT molecular complexity index is 361. The summed E-state index contributed by atoms with van der Waals surface area (Å²) >= 11 is 0. The van der Waals surface area contributed by atoms with E-state index >= 15 is 0 Å². The molecule has 4 heteroatoms. The molecule has 0 bridgehead atoms. The Morgan fingerprint density at radius 3 is 1.88 bits per heavy atom. The van der Waals surface area contributed by atoms with E-state index in [-0.39, 0.29) is 11.3 Å². The number of aromatic hydroxyl groups is 1. The van der Waals surface area contributed by atoms with E-state index in [1.54, 1.807) is 27.7 Å². The minimum Gasteiger partial charge on any atom is -0.508 e. The number of alkyl halides is 3. The first-order valence-corrected chi connectivity index (χ1v) is 4.95. The lowest BCUT2D eigenvalue weighted by atomic mass is 9.82. The molecular weight excluding hydrogens is 217 g/mol. The molecular formula is C12H15F3O. The van der Waals surface area contributed by atoms with Crippen molar-refractivity contribution < 1.29 is 18.3 Å². The fraction of sp³-hybridized carbons (Fsp3) is 0.500. The Balaban J connectivity index is 3.53. The molecule has 0 unspecified atom stereocenters. The largest absolute Gasteiger partial charge is 0.508 e. The van der Waals surface area contributed by atoms with E-state index in [0.29, 0.717) is 5.56 Å². The summed E-state index contributed by atoms with van der Waals surface area (Å²) in [6.07, 6.45) is -4.44. The van der Waals surface area contributed by atoms with E-state index < -0.39 is 17.2 Å². The lowest BCUT2D eigenvalue weighted by Gasteiger charge is -2.25. The van der Waals surface area contributed by atoms with Gasteiger partial charge in [0.15, 0.2) is 0 Å². The molecule has 0 heterocycles. The summed E-state index contributed by atoms with van der Waals surface area (Å²) in [5.74, 6) is -0.319. The highest BCUT2D eigenvalue weighted by Crippen LogP contribution is 2.40. The highest BCUT2D eigenvalue weighted by atomic mass is 19.4. The molecule has 0 aliphatic rings. The molecule has 0 fully saturated rings. The molecule has 0 aromatic heterocycles. The van der Waals surface area contributed by atoms with Crippen molar-refractivity contribution in [2.24, 2.45) is 0 Å². The van der Waals surface area contributed by atoms with Gasteiger partial charge in [-0.3, -0.25) is 0 Å². The summed E-state index contributed by atoms with van der Waals surface area (Å²) in [4.78, 5) is 0. The molecule has 0 spiro atoms. The van der Waals surface area contributed by atoms with E-state index in [4.69, 9.17) is 0 Å². The van der Waals surface area contributed by atoms with Crippen LogP contribution in [0.5, 0.6) is 5.75 Å². The highest BCUT2D eigenvalue weighted by Gasteiger charge is 2.37. The van der Waals surface area contributed by atoms with E-state index in [0.717, 1.165) is 6.07 Å². The monoisotopic (exact) mass is 232 g/mol. The Morgan fingerprint density at radius 2 is 1.50 bits per heavy atom. The van der Waals surface area contributed by atoms with Gasteiger partial charge in [0.25, 0.3) is 0 Å². The molecule has 90 valence electrons. The minimum atomic E-state index is -4.44. The summed E-state index contributed by atoms with van der Waals surface area (Å²) < 4.78 is 38.3. The van der Waals surface area contributed by atoms with Crippen LogP contribution in [0.4, 0.5) is 13.2 Å². The minimum absolute atomic E-state index is 0.204. The molecule has 0 aliphatic heterocycles. The van der Waals surface area contributed by atoms with Gasteiger partial charge in [-0.2, -0.15) is 13.2 Å². The van der Waals surface area contributed by atoms with Crippen molar-refractivity contribution in [1.29, 1.82) is 0 Å². The standard InChI is InChI=1S/C12H15F3O/c1-7-5-8(11(2,3)4)9(6-10(7)16)12(13,14)15/h5-6,16H,1-4H3. The van der Waals surface area contributed by atoms with Gasteiger partial charge in [0.2, 0.25) is 0 Å². The third kappa shape index (κ3) is 2.49. The van der Waals surface area contributed by atoms with Crippen molar-refractivity contribution >= 4 is 0 Å². The van der Waals surface area contributed by atoms with Crippen LogP contribution in [0.1, 0.15) is 37.5 Å². The molecule has 16 heavy (non-hydrogen) atoms. The van der Waals surface area contributed by atoms with Gasteiger partial charge >= 0.3 is 6.18 Å². The Labute approximate surface area is 92.9 Å². The second-order valence-electron chi connectivity index (χ2n) is 4.93. The summed E-state index contributed by atoms with van der Waals surface area (Å²) in [5, 5.41) is 9.35. The summed E-state index contributed by atoms with van der Waals surface area (Å²) in [5.41, 5.74) is -0.708. The molecule has 1 nitrogen and oxygen atoms in total. The van der Waals surface area contributed by atoms with Crippen LogP contribution in [0.15, 0.2) is 12.1 Å². The topological polar surface area (TPSA) is 20.2 Å². The second-order valence-corrected chi connectivity index (χ2v) is 4.93. The maximum atomic E-state index is 12.8. The number of phenols is 1. The number of benzene rings is 1. The lowest BCUT2D eigenvalue weighted by Crippen LogP contribution is -2.19. The fourth-order valence-electron chi connectivity index (χ4n) is 1.55. The number of aryl methyl sites for hydroxylation is 1. The van der Waals surface area contributed by atoms with Gasteiger partial charge < -0.3 is 5.11 Å². The van der Waals surface area contributed by atoms with Crippen LogP contribution in [-0.4, -0.2) is 5.11 Å². The van der Waals surface area contributed by atoms with Crippen LogP contribution in [0.3, 0.4) is 0 Å². The van der Waals surface area contributed by atoms with Crippen molar-refractivity contribution in [3.05, 3.63) is 28.8 Å². The van der Waals surface area contributed by atoms with Gasteiger partial charge in [-0.25, -0.2) is 0 Å². The highest BCUT2D eigenvalue weighted by molar-refractivity contribution is 5.45. The van der Waals surface area contributed by atoms with Crippen LogP contribution >= 0.6 is 0 Å². The third-order valence-corrected chi connectivity index (χ3v) is 2.45. The Morgan fingerprint density at radius 1 is 1.00 bits per heavy atom. The fourth-order valence-corrected chi connectivity index (χ4v) is 1.55. The Kier molecular flexibility index (Phi) is 2.96. The van der Waals surface area contributed by atoms with Gasteiger partial charge in [0.1, 0.15) is 5.75 Å². The molecule has 1 rings (SSSR count). The lowest BCUT2D eigenvalue weighted by molar-refractivity contribution is -0.138. The summed E-state index contributed by atoms with van der Waals surface area (Å²) in [6.45, 7) is 6.74. The average Bonchev–Trinajstić information content (AvgIpc) is 2.05. The predicted molar refractivity (Wildman–Crippen MR) is 56.5 cm³/mol. The second kappa shape index (κ2) is 3.68. The van der Waals surface area contributed by atoms with Gasteiger partial charge in [0.05, 0.1) is 5.56 Å². The number of hydrogen-bond donors (Lipinski definition) is 1. The van der Waals surface area contributed by atoms with Crippen LogP contribution < -0.4 is 0 Å². The van der Waals surface area contributed by atoms with Crippen molar-refractivity contribution in [2.75, 3.05) is 0 Å². The molecule has 0 atom stereocenters. The van der Waals surface area contributed by atoms with E-state index in [9.17, 15) is 18.3 Å². The van der Waals surface area contributed by atoms with Crippen molar-refractivity contribution in [3.8, 4) is 5.75 Å². The summed E-state index contributed by atoms with van der Waals surface area (Å²) in [6, 6.07) is 2.20. The first-order valence-electron chi connectivity index (χ1n) is 4.95. The smallest absolute Gasteiger partial charge is 0.416 e. The molecule has 1 aromatic carbocycles. The zero-order valence-corrected chi connectivity index (χ0v) is 9.74. The zero-order chi connectivity index (χ0) is 12.7. The molecule has 0 amide bonds. The van der Waals surface area contributed by atoms with E-state index in [2.05, 4.69) is 0 Å². The van der Waals surface area contributed by atoms with Crippen LogP contribution in [-0.2, 0) is 11.6 Å². The number of rotatable bonds is 0. The Hall–Kier alpha value is -1.19. The number of hydrogen-bond acceptors (Lipinski definition) is 1. The van der Waals surface area contributed by atoms with Crippen LogP contribution in [0.2, 0.25) is 0 Å². The van der Waals surface area contributed by atoms with Crippen LogP contribution in [0.25, 0.3) is 0 Å². The number of phenolic OH excluding ortho intramolecular Hbond substituents is 1. The molecule has 1 N–H and O–H groups in total. The quantitative estimate of drug-likeness (QED) is 0.716. The zero-order valence-electron chi connectivity index (χ0n) is 9.74. The first kappa shape index (κ1) is 12.9. The molecule has 0 aliphatic carbocycles. The summed E-state index contributed by atoms with van der Waals surface area (Å²) in [7, 11) is 0. The van der Waals surface area contributed by atoms with Crippen molar-refractivity contribution in [3.63, 3.8) is 0 Å². The maximum absolute atomic E-state index is 12.8. The van der Waals surface area contributed by atoms with E-state index in [1.165, 1.54) is 6.07 Å². The first-order chi connectivity index (χ1) is 7.03. The van der Waals surface area contributed by atoms with Gasteiger partial charge in [-0.05, 0) is 29.5 Å². The third-order valence-electron chi connectivity index (χ3n) is 2.45. The molecule has 0 saturated carbocycles. The van der Waals surface area contributed by atoms with Crippen molar-refractivity contribution in [1.82, 2.24) is 0 Å². The number of halogens is 3. The molecule has 0 saturated heterocycles. The van der Waals surface area contributed by atoms with Crippen molar-refractivity contribution in [2.45, 2.75) is 39.3 Å². The normalized spacial score (nSPS) is 12.9. The van der Waals surface area contributed by atoms with Crippen LogP contribution in [0, 0.1) is 6.92 Å². The van der Waals surface area contributed by atoms with Gasteiger partial charge in [-0.1, -0.05) is 26.8 Å². The molecule has 1 aromatic rings.